The van der Waals surface area contributed by atoms with E-state index in [-0.39, 0.29) is 0 Å². The Bertz CT molecular complexity index is 302. The standard InChI is InChI=1S/C16H30N2/c1-4-5-6-7-8-10-18-11-9-16(14-18)13-17-12-15(2)3/h9,11,14-15,17H,4-8,10,12-13H2,1-3H3. The van der Waals surface area contributed by atoms with Crippen LogP contribution in [0.3, 0.4) is 0 Å². The van der Waals surface area contributed by atoms with Crippen LogP contribution in [0.5, 0.6) is 0 Å². The predicted molar refractivity (Wildman–Crippen MR) is 79.7 cm³/mol. The normalized spacial score (nSPS) is 11.3. The summed E-state index contributed by atoms with van der Waals surface area (Å²) in [7, 11) is 0. The molecular weight excluding hydrogens is 220 g/mol. The summed E-state index contributed by atoms with van der Waals surface area (Å²) in [6.45, 7) is 10.0. The predicted octanol–water partition coefficient (Wildman–Crippen LogP) is 4.20. The monoisotopic (exact) mass is 250 g/mol. The molecule has 1 aromatic heterocycles. The SMILES string of the molecule is CCCCCCCn1ccc(CNCC(C)C)c1. The average Bonchev–Trinajstić information content (AvgIpc) is 2.76. The second-order valence-electron chi connectivity index (χ2n) is 5.70. The quantitative estimate of drug-likeness (QED) is 0.616. The Labute approximate surface area is 113 Å². The summed E-state index contributed by atoms with van der Waals surface area (Å²) in [5.74, 6) is 0.727. The van der Waals surface area contributed by atoms with E-state index in [0.29, 0.717) is 0 Å². The van der Waals surface area contributed by atoms with Crippen LogP contribution >= 0.6 is 0 Å². The second kappa shape index (κ2) is 9.21. The summed E-state index contributed by atoms with van der Waals surface area (Å²) in [6, 6.07) is 2.24. The van der Waals surface area contributed by atoms with Crippen LogP contribution in [-0.4, -0.2) is 11.1 Å². The minimum atomic E-state index is 0.727. The van der Waals surface area contributed by atoms with Crippen molar-refractivity contribution in [2.75, 3.05) is 6.54 Å². The van der Waals surface area contributed by atoms with Crippen molar-refractivity contribution in [1.29, 1.82) is 0 Å². The number of nitrogens with one attached hydrogen (secondary N) is 1. The van der Waals surface area contributed by atoms with Crippen molar-refractivity contribution in [2.24, 2.45) is 5.92 Å². The van der Waals surface area contributed by atoms with Gasteiger partial charge in [-0.1, -0.05) is 46.5 Å². The molecule has 0 unspecified atom stereocenters. The smallest absolute Gasteiger partial charge is 0.0220 e. The summed E-state index contributed by atoms with van der Waals surface area (Å²) >= 11 is 0. The summed E-state index contributed by atoms with van der Waals surface area (Å²) in [4.78, 5) is 0. The Hall–Kier alpha value is -0.760. The first-order valence-corrected chi connectivity index (χ1v) is 7.57. The van der Waals surface area contributed by atoms with Gasteiger partial charge in [0.05, 0.1) is 0 Å². The summed E-state index contributed by atoms with van der Waals surface area (Å²) in [6.07, 6.45) is 11.3. The van der Waals surface area contributed by atoms with E-state index in [1.54, 1.807) is 0 Å². The van der Waals surface area contributed by atoms with Gasteiger partial charge in [0.25, 0.3) is 0 Å². The van der Waals surface area contributed by atoms with Crippen LogP contribution in [0, 0.1) is 5.92 Å². The van der Waals surface area contributed by atoms with Crippen molar-refractivity contribution in [1.82, 2.24) is 9.88 Å². The Kier molecular flexibility index (Phi) is 7.83. The fourth-order valence-electron chi connectivity index (χ4n) is 2.14. The van der Waals surface area contributed by atoms with Gasteiger partial charge in [0, 0.05) is 25.5 Å². The summed E-state index contributed by atoms with van der Waals surface area (Å²) in [5, 5.41) is 3.49. The molecule has 18 heavy (non-hydrogen) atoms. The molecule has 2 nitrogen and oxygen atoms in total. The van der Waals surface area contributed by atoms with Crippen LogP contribution < -0.4 is 5.32 Å². The molecule has 0 aliphatic heterocycles. The first-order valence-electron chi connectivity index (χ1n) is 7.57. The molecule has 2 heteroatoms. The van der Waals surface area contributed by atoms with Gasteiger partial charge in [-0.25, -0.2) is 0 Å². The number of aromatic nitrogens is 1. The van der Waals surface area contributed by atoms with Gasteiger partial charge in [-0.2, -0.15) is 0 Å². The molecule has 0 bridgehead atoms. The lowest BCUT2D eigenvalue weighted by Gasteiger charge is -2.06. The van der Waals surface area contributed by atoms with E-state index in [1.807, 2.05) is 0 Å². The van der Waals surface area contributed by atoms with Crippen LogP contribution in [0.2, 0.25) is 0 Å². The molecule has 0 saturated heterocycles. The highest BCUT2D eigenvalue weighted by molar-refractivity contribution is 5.09. The third-order valence-corrected chi connectivity index (χ3v) is 3.21. The highest BCUT2D eigenvalue weighted by Crippen LogP contribution is 2.07. The van der Waals surface area contributed by atoms with Gasteiger partial charge >= 0.3 is 0 Å². The van der Waals surface area contributed by atoms with Crippen molar-refractivity contribution >= 4 is 0 Å². The van der Waals surface area contributed by atoms with E-state index >= 15 is 0 Å². The lowest BCUT2D eigenvalue weighted by molar-refractivity contribution is 0.549. The zero-order valence-electron chi connectivity index (χ0n) is 12.4. The van der Waals surface area contributed by atoms with E-state index in [2.05, 4.69) is 49.1 Å². The van der Waals surface area contributed by atoms with Gasteiger partial charge in [0.15, 0.2) is 0 Å². The lowest BCUT2D eigenvalue weighted by Crippen LogP contribution is -2.18. The Morgan fingerprint density at radius 2 is 1.94 bits per heavy atom. The second-order valence-corrected chi connectivity index (χ2v) is 5.70. The van der Waals surface area contributed by atoms with E-state index < -0.39 is 0 Å². The first kappa shape index (κ1) is 15.3. The van der Waals surface area contributed by atoms with Gasteiger partial charge in [-0.3, -0.25) is 0 Å². The van der Waals surface area contributed by atoms with Crippen LogP contribution in [0.25, 0.3) is 0 Å². The molecule has 0 atom stereocenters. The number of hydrogen-bond acceptors (Lipinski definition) is 1. The third-order valence-electron chi connectivity index (χ3n) is 3.21. The van der Waals surface area contributed by atoms with Crippen LogP contribution in [0.15, 0.2) is 18.5 Å². The number of unbranched alkanes of at least 4 members (excludes halogenated alkanes) is 4. The van der Waals surface area contributed by atoms with E-state index in [9.17, 15) is 0 Å². The molecule has 1 aromatic rings. The van der Waals surface area contributed by atoms with Gasteiger partial charge in [0.2, 0.25) is 0 Å². The van der Waals surface area contributed by atoms with Crippen molar-refractivity contribution in [3.05, 3.63) is 24.0 Å². The largest absolute Gasteiger partial charge is 0.354 e. The molecular formula is C16H30N2. The molecule has 1 rings (SSSR count). The molecule has 0 amide bonds. The van der Waals surface area contributed by atoms with Crippen LogP contribution in [0.4, 0.5) is 0 Å². The number of aryl methyl sites for hydroxylation is 1. The minimum absolute atomic E-state index is 0.727. The Balaban J connectivity index is 2.13. The number of hydrogen-bond donors (Lipinski definition) is 1. The van der Waals surface area contributed by atoms with E-state index in [4.69, 9.17) is 0 Å². The third kappa shape index (κ3) is 6.85. The summed E-state index contributed by atoms with van der Waals surface area (Å²) < 4.78 is 2.33. The number of rotatable bonds is 10. The highest BCUT2D eigenvalue weighted by Gasteiger charge is 1.98. The molecule has 104 valence electrons. The fourth-order valence-corrected chi connectivity index (χ4v) is 2.14. The molecule has 0 spiro atoms. The maximum absolute atomic E-state index is 3.49. The number of nitrogens with zero attached hydrogens (tertiary/aromatic N) is 1. The minimum Gasteiger partial charge on any atom is -0.354 e. The van der Waals surface area contributed by atoms with Crippen LogP contribution in [0.1, 0.15) is 58.4 Å². The fraction of sp³-hybridized carbons (Fsp3) is 0.750. The van der Waals surface area contributed by atoms with Crippen molar-refractivity contribution in [2.45, 2.75) is 66.0 Å². The van der Waals surface area contributed by atoms with Crippen molar-refractivity contribution < 1.29 is 0 Å². The van der Waals surface area contributed by atoms with Crippen molar-refractivity contribution in [3.8, 4) is 0 Å². The maximum atomic E-state index is 3.49. The highest BCUT2D eigenvalue weighted by atomic mass is 14.9. The molecule has 0 aliphatic carbocycles. The van der Waals surface area contributed by atoms with Crippen molar-refractivity contribution in [3.63, 3.8) is 0 Å². The van der Waals surface area contributed by atoms with E-state index in [0.717, 1.165) is 19.0 Å². The van der Waals surface area contributed by atoms with Crippen LogP contribution in [-0.2, 0) is 13.1 Å². The average molecular weight is 250 g/mol. The Morgan fingerprint density at radius 1 is 1.17 bits per heavy atom. The van der Waals surface area contributed by atoms with Gasteiger partial charge in [-0.05, 0) is 30.5 Å². The van der Waals surface area contributed by atoms with Gasteiger partial charge in [0.1, 0.15) is 0 Å². The maximum Gasteiger partial charge on any atom is 0.0220 e. The van der Waals surface area contributed by atoms with Gasteiger partial charge in [-0.15, -0.1) is 0 Å². The molecule has 0 aliphatic rings. The topological polar surface area (TPSA) is 17.0 Å². The Morgan fingerprint density at radius 3 is 2.67 bits per heavy atom. The van der Waals surface area contributed by atoms with Gasteiger partial charge < -0.3 is 9.88 Å². The molecule has 1 N–H and O–H groups in total. The molecule has 0 fully saturated rings. The van der Waals surface area contributed by atoms with E-state index in [1.165, 1.54) is 44.2 Å². The molecule has 0 radical (unpaired) electrons. The lowest BCUT2D eigenvalue weighted by atomic mass is 10.1. The molecule has 0 aromatic carbocycles. The molecule has 0 saturated carbocycles. The first-order chi connectivity index (χ1) is 8.72. The zero-order valence-corrected chi connectivity index (χ0v) is 12.4. The zero-order chi connectivity index (χ0) is 13.2. The summed E-state index contributed by atoms with van der Waals surface area (Å²) in [5.41, 5.74) is 1.41. The molecule has 1 heterocycles.